The molecule has 2 heterocycles. The van der Waals surface area contributed by atoms with E-state index in [0.29, 0.717) is 12.3 Å². The van der Waals surface area contributed by atoms with Crippen molar-refractivity contribution < 1.29 is 14.0 Å². The molecule has 0 aromatic carbocycles. The number of amides is 2. The lowest BCUT2D eigenvalue weighted by Gasteiger charge is -2.35. The van der Waals surface area contributed by atoms with Gasteiger partial charge in [0, 0.05) is 13.1 Å². The maximum atomic E-state index is 12.4. The van der Waals surface area contributed by atoms with Crippen LogP contribution in [0.15, 0.2) is 53.2 Å². The summed E-state index contributed by atoms with van der Waals surface area (Å²) in [5.41, 5.74) is 0.0695. The molecule has 1 fully saturated rings. The summed E-state index contributed by atoms with van der Waals surface area (Å²) in [6.45, 7) is 6.08. The van der Waals surface area contributed by atoms with E-state index in [1.54, 1.807) is 36.6 Å². The SMILES string of the molecule is C=CCN1C(=O)C(=CC=Cc2ccco2)C(=O)N(CC)C1=S. The summed E-state index contributed by atoms with van der Waals surface area (Å²) in [7, 11) is 0. The zero-order valence-electron chi connectivity index (χ0n) is 12.2. The van der Waals surface area contributed by atoms with Crippen molar-refractivity contribution in [2.24, 2.45) is 0 Å². The predicted octanol–water partition coefficient (Wildman–Crippen LogP) is 2.38. The van der Waals surface area contributed by atoms with Gasteiger partial charge in [0.15, 0.2) is 5.11 Å². The van der Waals surface area contributed by atoms with Crippen LogP contribution < -0.4 is 0 Å². The molecule has 0 unspecified atom stereocenters. The third kappa shape index (κ3) is 3.07. The minimum Gasteiger partial charge on any atom is -0.465 e. The van der Waals surface area contributed by atoms with E-state index in [9.17, 15) is 9.59 Å². The fourth-order valence-corrected chi connectivity index (χ4v) is 2.41. The van der Waals surface area contributed by atoms with Crippen LogP contribution in [0.5, 0.6) is 0 Å². The molecule has 114 valence electrons. The van der Waals surface area contributed by atoms with Gasteiger partial charge in [0.05, 0.1) is 6.26 Å². The van der Waals surface area contributed by atoms with Crippen LogP contribution in [0.25, 0.3) is 6.08 Å². The van der Waals surface area contributed by atoms with E-state index in [0.717, 1.165) is 0 Å². The number of allylic oxidation sites excluding steroid dienone is 2. The van der Waals surface area contributed by atoms with Gasteiger partial charge in [-0.15, -0.1) is 6.58 Å². The first-order valence-corrected chi connectivity index (χ1v) is 7.21. The van der Waals surface area contributed by atoms with Crippen molar-refractivity contribution in [2.75, 3.05) is 13.1 Å². The Labute approximate surface area is 134 Å². The van der Waals surface area contributed by atoms with Gasteiger partial charge < -0.3 is 4.42 Å². The highest BCUT2D eigenvalue weighted by Crippen LogP contribution is 2.18. The quantitative estimate of drug-likeness (QED) is 0.362. The van der Waals surface area contributed by atoms with E-state index < -0.39 is 5.91 Å². The molecule has 5 nitrogen and oxygen atoms in total. The third-order valence-electron chi connectivity index (χ3n) is 3.11. The number of hydrogen-bond acceptors (Lipinski definition) is 4. The number of nitrogens with zero attached hydrogens (tertiary/aromatic N) is 2. The lowest BCUT2D eigenvalue weighted by atomic mass is 10.1. The molecule has 0 aliphatic carbocycles. The van der Waals surface area contributed by atoms with Crippen LogP contribution in [0.1, 0.15) is 12.7 Å². The van der Waals surface area contributed by atoms with Gasteiger partial charge in [0.2, 0.25) is 0 Å². The summed E-state index contributed by atoms with van der Waals surface area (Å²) in [6, 6.07) is 3.53. The van der Waals surface area contributed by atoms with E-state index in [1.165, 1.54) is 15.9 Å². The van der Waals surface area contributed by atoms with E-state index in [1.807, 2.05) is 6.92 Å². The summed E-state index contributed by atoms with van der Waals surface area (Å²) in [6.07, 6.45) is 7.89. The van der Waals surface area contributed by atoms with Crippen molar-refractivity contribution in [3.05, 3.63) is 54.5 Å². The average Bonchev–Trinajstić information content (AvgIpc) is 3.01. The Morgan fingerprint density at radius 3 is 2.64 bits per heavy atom. The van der Waals surface area contributed by atoms with Crippen molar-refractivity contribution >= 4 is 35.2 Å². The Kier molecular flexibility index (Phi) is 5.06. The molecule has 1 aromatic rings. The third-order valence-corrected chi connectivity index (χ3v) is 3.55. The maximum Gasteiger partial charge on any atom is 0.265 e. The van der Waals surface area contributed by atoms with Gasteiger partial charge in [0.1, 0.15) is 11.3 Å². The van der Waals surface area contributed by atoms with Gasteiger partial charge >= 0.3 is 0 Å². The molecule has 0 atom stereocenters. The van der Waals surface area contributed by atoms with Crippen LogP contribution in [-0.2, 0) is 9.59 Å². The molecule has 2 amide bonds. The van der Waals surface area contributed by atoms with Crippen molar-refractivity contribution in [2.45, 2.75) is 6.92 Å². The van der Waals surface area contributed by atoms with Crippen molar-refractivity contribution in [1.29, 1.82) is 0 Å². The number of likely N-dealkylation sites (N-methyl/N-ethyl adjacent to an activating group) is 1. The van der Waals surface area contributed by atoms with Crippen LogP contribution in [0.2, 0.25) is 0 Å². The van der Waals surface area contributed by atoms with Crippen LogP contribution in [0, 0.1) is 0 Å². The average molecular weight is 316 g/mol. The molecular weight excluding hydrogens is 300 g/mol. The summed E-state index contributed by atoms with van der Waals surface area (Å²) in [5, 5.41) is 0.213. The highest BCUT2D eigenvalue weighted by Gasteiger charge is 2.37. The lowest BCUT2D eigenvalue weighted by molar-refractivity contribution is -0.133. The van der Waals surface area contributed by atoms with Gasteiger partial charge in [-0.3, -0.25) is 19.4 Å². The van der Waals surface area contributed by atoms with Crippen LogP contribution in [-0.4, -0.2) is 39.8 Å². The second-order valence-electron chi connectivity index (χ2n) is 4.49. The Bertz CT molecular complexity index is 659. The summed E-state index contributed by atoms with van der Waals surface area (Å²) in [5.74, 6) is -0.163. The highest BCUT2D eigenvalue weighted by molar-refractivity contribution is 7.80. The minimum absolute atomic E-state index is 0.0695. The fraction of sp³-hybridized carbons (Fsp3) is 0.188. The molecule has 2 rings (SSSR count). The largest absolute Gasteiger partial charge is 0.465 e. The molecule has 6 heteroatoms. The summed E-state index contributed by atoms with van der Waals surface area (Å²) < 4.78 is 5.15. The molecule has 1 saturated heterocycles. The number of furan rings is 1. The molecule has 0 spiro atoms. The van der Waals surface area contributed by atoms with Gasteiger partial charge in [-0.1, -0.05) is 12.2 Å². The van der Waals surface area contributed by atoms with E-state index in [-0.39, 0.29) is 23.1 Å². The van der Waals surface area contributed by atoms with Crippen molar-refractivity contribution in [3.8, 4) is 0 Å². The standard InChI is InChI=1S/C16H16N2O3S/c1-3-10-18-15(20)13(14(19)17(4-2)16(18)22)9-5-7-12-8-6-11-21-12/h3,5-9,11H,1,4,10H2,2H3. The molecule has 1 aliphatic rings. The van der Waals surface area contributed by atoms with Crippen LogP contribution in [0.4, 0.5) is 0 Å². The molecule has 22 heavy (non-hydrogen) atoms. The second kappa shape index (κ2) is 7.00. The van der Waals surface area contributed by atoms with Gasteiger partial charge in [-0.2, -0.15) is 0 Å². The predicted molar refractivity (Wildman–Crippen MR) is 87.7 cm³/mol. The first-order valence-electron chi connectivity index (χ1n) is 6.80. The molecule has 0 N–H and O–H groups in total. The number of rotatable bonds is 5. The van der Waals surface area contributed by atoms with Gasteiger partial charge in [-0.25, -0.2) is 0 Å². The van der Waals surface area contributed by atoms with E-state index >= 15 is 0 Å². The first-order chi connectivity index (χ1) is 10.6. The zero-order chi connectivity index (χ0) is 16.1. The normalized spacial score (nSPS) is 17.9. The Morgan fingerprint density at radius 1 is 1.32 bits per heavy atom. The fourth-order valence-electron chi connectivity index (χ4n) is 2.04. The molecular formula is C16H16N2O3S. The second-order valence-corrected chi connectivity index (χ2v) is 4.86. The molecule has 1 aromatic heterocycles. The summed E-state index contributed by atoms with van der Waals surface area (Å²) >= 11 is 5.20. The number of thiocarbonyl (C=S) groups is 1. The molecule has 0 saturated carbocycles. The van der Waals surface area contributed by atoms with Crippen LogP contribution >= 0.6 is 12.2 Å². The molecule has 0 bridgehead atoms. The van der Waals surface area contributed by atoms with Gasteiger partial charge in [-0.05, 0) is 43.4 Å². The lowest BCUT2D eigenvalue weighted by Crippen LogP contribution is -2.56. The highest BCUT2D eigenvalue weighted by atomic mass is 32.1. The number of hydrogen-bond donors (Lipinski definition) is 0. The summed E-state index contributed by atoms with van der Waals surface area (Å²) in [4.78, 5) is 27.5. The van der Waals surface area contributed by atoms with Crippen molar-refractivity contribution in [1.82, 2.24) is 9.80 Å². The molecule has 0 radical (unpaired) electrons. The topological polar surface area (TPSA) is 53.8 Å². The first kappa shape index (κ1) is 15.9. The van der Waals surface area contributed by atoms with Gasteiger partial charge in [0.25, 0.3) is 11.8 Å². The molecule has 1 aliphatic heterocycles. The monoisotopic (exact) mass is 316 g/mol. The Hall–Kier alpha value is -2.47. The van der Waals surface area contributed by atoms with E-state index in [4.69, 9.17) is 16.6 Å². The maximum absolute atomic E-state index is 12.4. The van der Waals surface area contributed by atoms with Crippen molar-refractivity contribution in [3.63, 3.8) is 0 Å². The number of carbonyl (C=O) groups excluding carboxylic acids is 2. The Balaban J connectivity index is 2.31. The van der Waals surface area contributed by atoms with E-state index in [2.05, 4.69) is 6.58 Å². The van der Waals surface area contributed by atoms with Crippen LogP contribution in [0.3, 0.4) is 0 Å². The Morgan fingerprint density at radius 2 is 2.05 bits per heavy atom. The number of carbonyl (C=O) groups is 2. The minimum atomic E-state index is -0.413. The zero-order valence-corrected chi connectivity index (χ0v) is 13.0. The smallest absolute Gasteiger partial charge is 0.265 e.